The van der Waals surface area contributed by atoms with E-state index < -0.39 is 18.3 Å². The molecule has 2 nitrogen and oxygen atoms in total. The molecule has 76 valence electrons. The van der Waals surface area contributed by atoms with E-state index in [-0.39, 0.29) is 0 Å². The molecule has 0 unspecified atom stereocenters. The molecule has 1 aliphatic rings. The van der Waals surface area contributed by atoms with Gasteiger partial charge in [-0.25, -0.2) is 0 Å². The molecular formula is C9H15F2NO. The Kier molecular flexibility index (Phi) is 3.22. The Balaban J connectivity index is 2.55. The Morgan fingerprint density at radius 1 is 1.31 bits per heavy atom. The Morgan fingerprint density at radius 3 is 2.31 bits per heavy atom. The molecule has 0 saturated carbocycles. The quantitative estimate of drug-likeness (QED) is 0.654. The molecule has 0 radical (unpaired) electrons. The predicted molar refractivity (Wildman–Crippen MR) is 45.7 cm³/mol. The number of amides is 1. The Hall–Kier alpha value is -0.670. The van der Waals surface area contributed by atoms with Gasteiger partial charge in [0.1, 0.15) is 0 Å². The minimum atomic E-state index is -3.16. The molecule has 0 aromatic carbocycles. The van der Waals surface area contributed by atoms with Crippen molar-refractivity contribution >= 4 is 5.91 Å². The van der Waals surface area contributed by atoms with Crippen LogP contribution in [-0.4, -0.2) is 29.8 Å². The third-order valence-electron chi connectivity index (χ3n) is 2.40. The summed E-state index contributed by atoms with van der Waals surface area (Å²) in [4.78, 5) is 12.5. The van der Waals surface area contributed by atoms with Crippen LogP contribution < -0.4 is 0 Å². The highest BCUT2D eigenvalue weighted by molar-refractivity contribution is 5.83. The van der Waals surface area contributed by atoms with Gasteiger partial charge < -0.3 is 4.90 Å². The van der Waals surface area contributed by atoms with Crippen LogP contribution in [-0.2, 0) is 4.79 Å². The van der Waals surface area contributed by atoms with Crippen LogP contribution in [0, 0.1) is 0 Å². The molecule has 1 rings (SSSR count). The summed E-state index contributed by atoms with van der Waals surface area (Å²) in [6, 6.07) is 0. The van der Waals surface area contributed by atoms with Crippen LogP contribution in [0.2, 0.25) is 0 Å². The van der Waals surface area contributed by atoms with E-state index in [1.807, 2.05) is 0 Å². The summed E-state index contributed by atoms with van der Waals surface area (Å²) in [5.41, 5.74) is 0. The van der Waals surface area contributed by atoms with E-state index in [9.17, 15) is 13.6 Å². The summed E-state index contributed by atoms with van der Waals surface area (Å²) in [7, 11) is 0. The van der Waals surface area contributed by atoms with Crippen molar-refractivity contribution in [3.8, 4) is 0 Å². The molecular weight excluding hydrogens is 176 g/mol. The SMILES string of the molecule is CCC(F)(F)C(=O)N1CCCCC1. The highest BCUT2D eigenvalue weighted by Crippen LogP contribution is 2.23. The Bertz CT molecular complexity index is 188. The van der Waals surface area contributed by atoms with E-state index in [0.717, 1.165) is 19.3 Å². The molecule has 4 heteroatoms. The van der Waals surface area contributed by atoms with Crippen molar-refractivity contribution in [1.29, 1.82) is 0 Å². The van der Waals surface area contributed by atoms with E-state index in [2.05, 4.69) is 0 Å². The minimum absolute atomic E-state index is 0.400. The first kappa shape index (κ1) is 10.4. The molecule has 0 aromatic heterocycles. The highest BCUT2D eigenvalue weighted by atomic mass is 19.3. The molecule has 0 aromatic rings. The largest absolute Gasteiger partial charge is 0.337 e. The van der Waals surface area contributed by atoms with Crippen molar-refractivity contribution in [2.75, 3.05) is 13.1 Å². The fourth-order valence-electron chi connectivity index (χ4n) is 1.48. The highest BCUT2D eigenvalue weighted by Gasteiger charge is 2.40. The zero-order chi connectivity index (χ0) is 9.90. The van der Waals surface area contributed by atoms with Crippen molar-refractivity contribution in [3.05, 3.63) is 0 Å². The average molecular weight is 191 g/mol. The minimum Gasteiger partial charge on any atom is -0.337 e. The van der Waals surface area contributed by atoms with Gasteiger partial charge in [0.2, 0.25) is 0 Å². The maximum absolute atomic E-state index is 12.9. The number of carbonyl (C=O) groups is 1. The van der Waals surface area contributed by atoms with Gasteiger partial charge in [-0.05, 0) is 19.3 Å². The summed E-state index contributed by atoms with van der Waals surface area (Å²) < 4.78 is 25.9. The van der Waals surface area contributed by atoms with Gasteiger partial charge in [0.15, 0.2) is 0 Å². The number of carbonyl (C=O) groups excluding carboxylic acids is 1. The average Bonchev–Trinajstić information content (AvgIpc) is 2.18. The smallest absolute Gasteiger partial charge is 0.324 e. The molecule has 13 heavy (non-hydrogen) atoms. The number of piperidine rings is 1. The van der Waals surface area contributed by atoms with Gasteiger partial charge in [-0.1, -0.05) is 6.92 Å². The van der Waals surface area contributed by atoms with Crippen molar-refractivity contribution in [3.63, 3.8) is 0 Å². The summed E-state index contributed by atoms with van der Waals surface area (Å²) >= 11 is 0. The topological polar surface area (TPSA) is 20.3 Å². The van der Waals surface area contributed by atoms with Crippen LogP contribution in [0.1, 0.15) is 32.6 Å². The molecule has 0 aliphatic carbocycles. The lowest BCUT2D eigenvalue weighted by Crippen LogP contribution is -2.45. The van der Waals surface area contributed by atoms with Gasteiger partial charge in [0, 0.05) is 19.5 Å². The van der Waals surface area contributed by atoms with Gasteiger partial charge in [0.25, 0.3) is 5.91 Å². The number of alkyl halides is 2. The van der Waals surface area contributed by atoms with Gasteiger partial charge in [0.05, 0.1) is 0 Å². The maximum Gasteiger partial charge on any atom is 0.324 e. The molecule has 0 atom stereocenters. The lowest BCUT2D eigenvalue weighted by molar-refractivity contribution is -0.158. The molecule has 1 fully saturated rings. The summed E-state index contributed by atoms with van der Waals surface area (Å²) in [6.07, 6.45) is 2.35. The predicted octanol–water partition coefficient (Wildman–Crippen LogP) is 2.04. The molecule has 0 N–H and O–H groups in total. The van der Waals surface area contributed by atoms with Crippen molar-refractivity contribution < 1.29 is 13.6 Å². The molecule has 1 heterocycles. The first-order valence-electron chi connectivity index (χ1n) is 4.75. The first-order valence-corrected chi connectivity index (χ1v) is 4.75. The van der Waals surface area contributed by atoms with Crippen LogP contribution >= 0.6 is 0 Å². The number of hydrogen-bond donors (Lipinski definition) is 0. The second-order valence-corrected chi connectivity index (χ2v) is 3.41. The monoisotopic (exact) mass is 191 g/mol. The van der Waals surface area contributed by atoms with E-state index in [0.29, 0.717) is 13.1 Å². The second-order valence-electron chi connectivity index (χ2n) is 3.41. The Morgan fingerprint density at radius 2 is 1.85 bits per heavy atom. The van der Waals surface area contributed by atoms with Gasteiger partial charge in [-0.3, -0.25) is 4.79 Å². The van der Waals surface area contributed by atoms with Crippen LogP contribution in [0.15, 0.2) is 0 Å². The lowest BCUT2D eigenvalue weighted by Gasteiger charge is -2.29. The summed E-state index contributed by atoms with van der Waals surface area (Å²) in [5, 5.41) is 0. The molecule has 0 bridgehead atoms. The number of hydrogen-bond acceptors (Lipinski definition) is 1. The zero-order valence-corrected chi connectivity index (χ0v) is 7.85. The van der Waals surface area contributed by atoms with Crippen LogP contribution in [0.5, 0.6) is 0 Å². The normalized spacial score (nSPS) is 18.8. The fraction of sp³-hybridized carbons (Fsp3) is 0.889. The summed E-state index contributed by atoms with van der Waals surface area (Å²) in [6.45, 7) is 2.32. The van der Waals surface area contributed by atoms with Gasteiger partial charge in [-0.15, -0.1) is 0 Å². The van der Waals surface area contributed by atoms with E-state index in [1.165, 1.54) is 11.8 Å². The van der Waals surface area contributed by atoms with E-state index in [1.54, 1.807) is 0 Å². The number of likely N-dealkylation sites (tertiary alicyclic amines) is 1. The Labute approximate surface area is 76.9 Å². The van der Waals surface area contributed by atoms with Crippen molar-refractivity contribution in [2.24, 2.45) is 0 Å². The van der Waals surface area contributed by atoms with E-state index in [4.69, 9.17) is 0 Å². The van der Waals surface area contributed by atoms with Gasteiger partial charge >= 0.3 is 5.92 Å². The zero-order valence-electron chi connectivity index (χ0n) is 7.85. The van der Waals surface area contributed by atoms with Crippen LogP contribution in [0.4, 0.5) is 8.78 Å². The van der Waals surface area contributed by atoms with Crippen LogP contribution in [0.25, 0.3) is 0 Å². The van der Waals surface area contributed by atoms with Crippen molar-refractivity contribution in [1.82, 2.24) is 4.90 Å². The number of halogens is 2. The fourth-order valence-corrected chi connectivity index (χ4v) is 1.48. The lowest BCUT2D eigenvalue weighted by atomic mass is 10.1. The summed E-state index contributed by atoms with van der Waals surface area (Å²) in [5.74, 6) is -4.15. The van der Waals surface area contributed by atoms with Gasteiger partial charge in [-0.2, -0.15) is 8.78 Å². The van der Waals surface area contributed by atoms with E-state index >= 15 is 0 Å². The first-order chi connectivity index (χ1) is 6.08. The number of rotatable bonds is 2. The molecule has 1 amide bonds. The third-order valence-corrected chi connectivity index (χ3v) is 2.40. The second kappa shape index (κ2) is 4.03. The standard InChI is InChI=1S/C9H15F2NO/c1-2-9(10,11)8(13)12-6-4-3-5-7-12/h2-7H2,1H3. The number of nitrogens with zero attached hydrogens (tertiary/aromatic N) is 1. The molecule has 1 aliphatic heterocycles. The maximum atomic E-state index is 12.9. The van der Waals surface area contributed by atoms with Crippen LogP contribution in [0.3, 0.4) is 0 Å². The molecule has 1 saturated heterocycles. The third kappa shape index (κ3) is 2.39. The van der Waals surface area contributed by atoms with Crippen molar-refractivity contribution in [2.45, 2.75) is 38.5 Å². The molecule has 0 spiro atoms.